The van der Waals surface area contributed by atoms with Gasteiger partial charge in [-0.3, -0.25) is 0 Å². The zero-order valence-electron chi connectivity index (χ0n) is 5.59. The zero-order chi connectivity index (χ0) is 7.84. The highest BCUT2D eigenvalue weighted by Gasteiger charge is 1.96. The maximum absolute atomic E-state index is 5.87. The van der Waals surface area contributed by atoms with Gasteiger partial charge in [-0.2, -0.15) is 0 Å². The molecular formula is C8H5BrClN. The first-order valence-electron chi connectivity index (χ1n) is 3.19. The molecule has 0 spiro atoms. The third-order valence-electron chi connectivity index (χ3n) is 1.57. The van der Waals surface area contributed by atoms with Crippen LogP contribution in [-0.4, -0.2) is 4.40 Å². The number of hydrogen-bond donors (Lipinski definition) is 0. The number of aromatic nitrogens is 1. The fourth-order valence-corrected chi connectivity index (χ4v) is 1.62. The molecule has 0 aliphatic carbocycles. The summed E-state index contributed by atoms with van der Waals surface area (Å²) in [7, 11) is 0. The van der Waals surface area contributed by atoms with Gasteiger partial charge in [0.05, 0.1) is 0 Å². The molecule has 0 N–H and O–H groups in total. The van der Waals surface area contributed by atoms with Gasteiger partial charge in [0.1, 0.15) is 5.15 Å². The fourth-order valence-electron chi connectivity index (χ4n) is 1.05. The van der Waals surface area contributed by atoms with E-state index in [9.17, 15) is 0 Å². The van der Waals surface area contributed by atoms with Crippen LogP contribution >= 0.6 is 27.5 Å². The van der Waals surface area contributed by atoms with Crippen molar-refractivity contribution < 1.29 is 0 Å². The average Bonchev–Trinajstić information content (AvgIpc) is 2.32. The summed E-state index contributed by atoms with van der Waals surface area (Å²) in [5.74, 6) is 0. The van der Waals surface area contributed by atoms with E-state index in [0.717, 1.165) is 15.1 Å². The number of halogens is 2. The van der Waals surface area contributed by atoms with Crippen LogP contribution in [0.15, 0.2) is 34.9 Å². The van der Waals surface area contributed by atoms with E-state index in [1.165, 1.54) is 0 Å². The van der Waals surface area contributed by atoms with Gasteiger partial charge in [-0.05, 0) is 24.3 Å². The van der Waals surface area contributed by atoms with E-state index in [0.29, 0.717) is 0 Å². The number of fused-ring (bicyclic) bond motifs is 1. The van der Waals surface area contributed by atoms with E-state index < -0.39 is 0 Å². The standard InChI is InChI=1S/C8H5BrClN/c9-6-3-4-11-7(5-6)1-2-8(11)10/h1-5H. The van der Waals surface area contributed by atoms with Crippen LogP contribution < -0.4 is 0 Å². The van der Waals surface area contributed by atoms with Crippen LogP contribution in [0.2, 0.25) is 5.15 Å². The maximum atomic E-state index is 5.87. The van der Waals surface area contributed by atoms with Gasteiger partial charge in [0.25, 0.3) is 0 Å². The molecule has 0 aromatic carbocycles. The number of nitrogens with zero attached hydrogens (tertiary/aromatic N) is 1. The Hall–Kier alpha value is -0.470. The highest BCUT2D eigenvalue weighted by Crippen LogP contribution is 2.18. The SMILES string of the molecule is Clc1ccc2cc(Br)ccn12. The maximum Gasteiger partial charge on any atom is 0.113 e. The van der Waals surface area contributed by atoms with E-state index >= 15 is 0 Å². The Morgan fingerprint density at radius 1 is 1.27 bits per heavy atom. The fraction of sp³-hybridized carbons (Fsp3) is 0. The second kappa shape index (κ2) is 2.54. The van der Waals surface area contributed by atoms with Gasteiger partial charge in [-0.25, -0.2) is 0 Å². The molecule has 0 bridgehead atoms. The summed E-state index contributed by atoms with van der Waals surface area (Å²) >= 11 is 9.26. The van der Waals surface area contributed by atoms with Gasteiger partial charge in [0.2, 0.25) is 0 Å². The van der Waals surface area contributed by atoms with Crippen LogP contribution in [0.1, 0.15) is 0 Å². The van der Waals surface area contributed by atoms with Gasteiger partial charge in [-0.15, -0.1) is 0 Å². The smallest absolute Gasteiger partial charge is 0.113 e. The van der Waals surface area contributed by atoms with Crippen LogP contribution in [0.5, 0.6) is 0 Å². The van der Waals surface area contributed by atoms with Gasteiger partial charge in [0.15, 0.2) is 0 Å². The molecule has 2 rings (SSSR count). The minimum absolute atomic E-state index is 0.743. The van der Waals surface area contributed by atoms with Gasteiger partial charge in [-0.1, -0.05) is 27.5 Å². The Morgan fingerprint density at radius 2 is 2.09 bits per heavy atom. The topological polar surface area (TPSA) is 4.41 Å². The molecule has 2 aromatic heterocycles. The summed E-state index contributed by atoms with van der Waals surface area (Å²) in [6, 6.07) is 7.83. The first kappa shape index (κ1) is 7.19. The lowest BCUT2D eigenvalue weighted by Gasteiger charge is -1.95. The molecule has 0 saturated carbocycles. The Kier molecular flexibility index (Phi) is 1.66. The van der Waals surface area contributed by atoms with Crippen LogP contribution in [0, 0.1) is 0 Å². The quantitative estimate of drug-likeness (QED) is 0.654. The Bertz CT molecular complexity index is 394. The largest absolute Gasteiger partial charge is 0.308 e. The molecule has 0 radical (unpaired) electrons. The highest BCUT2D eigenvalue weighted by molar-refractivity contribution is 9.10. The van der Waals surface area contributed by atoms with Gasteiger partial charge in [0, 0.05) is 16.2 Å². The number of pyridine rings is 1. The average molecular weight is 230 g/mol. The molecule has 1 nitrogen and oxygen atoms in total. The Morgan fingerprint density at radius 3 is 2.91 bits per heavy atom. The van der Waals surface area contributed by atoms with Crippen molar-refractivity contribution in [2.45, 2.75) is 0 Å². The summed E-state index contributed by atoms with van der Waals surface area (Å²) in [6.07, 6.45) is 1.93. The van der Waals surface area contributed by atoms with Crippen molar-refractivity contribution in [3.63, 3.8) is 0 Å². The van der Waals surface area contributed by atoms with E-state index in [1.807, 2.05) is 34.9 Å². The van der Waals surface area contributed by atoms with E-state index in [2.05, 4.69) is 15.9 Å². The summed E-state index contributed by atoms with van der Waals surface area (Å²) in [5.41, 5.74) is 1.10. The van der Waals surface area contributed by atoms with Crippen molar-refractivity contribution in [3.05, 3.63) is 40.1 Å². The molecule has 0 amide bonds. The molecule has 56 valence electrons. The minimum Gasteiger partial charge on any atom is -0.308 e. The first-order valence-corrected chi connectivity index (χ1v) is 4.36. The van der Waals surface area contributed by atoms with Gasteiger partial charge < -0.3 is 4.40 Å². The van der Waals surface area contributed by atoms with Crippen LogP contribution in [0.3, 0.4) is 0 Å². The second-order valence-electron chi connectivity index (χ2n) is 2.30. The molecule has 2 aromatic rings. The lowest BCUT2D eigenvalue weighted by molar-refractivity contribution is 1.19. The monoisotopic (exact) mass is 229 g/mol. The molecular weight excluding hydrogens is 225 g/mol. The minimum atomic E-state index is 0.743. The highest BCUT2D eigenvalue weighted by atomic mass is 79.9. The van der Waals surface area contributed by atoms with Crippen LogP contribution in [0.25, 0.3) is 5.52 Å². The molecule has 0 atom stereocenters. The molecule has 2 heterocycles. The lowest BCUT2D eigenvalue weighted by atomic mass is 10.4. The third kappa shape index (κ3) is 1.17. The lowest BCUT2D eigenvalue weighted by Crippen LogP contribution is -1.80. The van der Waals surface area contributed by atoms with Crippen molar-refractivity contribution in [2.75, 3.05) is 0 Å². The molecule has 0 aliphatic rings. The predicted octanol–water partition coefficient (Wildman–Crippen LogP) is 3.36. The normalized spacial score (nSPS) is 10.7. The third-order valence-corrected chi connectivity index (χ3v) is 2.37. The molecule has 0 aliphatic heterocycles. The summed E-state index contributed by atoms with van der Waals surface area (Å²) in [4.78, 5) is 0. The molecule has 0 unspecified atom stereocenters. The Balaban J connectivity index is 2.86. The molecule has 11 heavy (non-hydrogen) atoms. The van der Waals surface area contributed by atoms with E-state index in [-0.39, 0.29) is 0 Å². The molecule has 0 fully saturated rings. The van der Waals surface area contributed by atoms with Crippen molar-refractivity contribution >= 4 is 33.0 Å². The predicted molar refractivity (Wildman–Crippen MR) is 50.1 cm³/mol. The zero-order valence-corrected chi connectivity index (χ0v) is 7.93. The summed E-state index contributed by atoms with van der Waals surface area (Å²) in [5, 5.41) is 0.743. The number of rotatable bonds is 0. The van der Waals surface area contributed by atoms with Crippen molar-refractivity contribution in [3.8, 4) is 0 Å². The van der Waals surface area contributed by atoms with E-state index in [1.54, 1.807) is 0 Å². The van der Waals surface area contributed by atoms with Crippen molar-refractivity contribution in [1.29, 1.82) is 0 Å². The first-order chi connectivity index (χ1) is 5.27. The number of hydrogen-bond acceptors (Lipinski definition) is 0. The molecule has 0 saturated heterocycles. The summed E-state index contributed by atoms with van der Waals surface area (Å²) in [6.45, 7) is 0. The van der Waals surface area contributed by atoms with Crippen molar-refractivity contribution in [1.82, 2.24) is 4.40 Å². The van der Waals surface area contributed by atoms with E-state index in [4.69, 9.17) is 11.6 Å². The van der Waals surface area contributed by atoms with Gasteiger partial charge >= 0.3 is 0 Å². The summed E-state index contributed by atoms with van der Waals surface area (Å²) < 4.78 is 2.99. The molecule has 3 heteroatoms. The second-order valence-corrected chi connectivity index (χ2v) is 3.60. The Labute approximate surface area is 77.7 Å². The van der Waals surface area contributed by atoms with Crippen LogP contribution in [-0.2, 0) is 0 Å². The van der Waals surface area contributed by atoms with Crippen LogP contribution in [0.4, 0.5) is 0 Å². The van der Waals surface area contributed by atoms with Crippen molar-refractivity contribution in [2.24, 2.45) is 0 Å².